The average molecular weight is 347 g/mol. The Bertz CT molecular complexity index is 733. The zero-order valence-electron chi connectivity index (χ0n) is 13.6. The number of amides is 1. The molecule has 1 aliphatic heterocycles. The Hall–Kier alpha value is -1.91. The zero-order valence-corrected chi connectivity index (χ0v) is 14.3. The van der Waals surface area contributed by atoms with E-state index < -0.39 is 5.82 Å². The Balaban J connectivity index is 1.81. The van der Waals surface area contributed by atoms with Crippen LogP contribution in [0, 0.1) is 5.82 Å². The number of halogens is 2. The van der Waals surface area contributed by atoms with Gasteiger partial charge in [-0.25, -0.2) is 4.39 Å². The molecule has 0 saturated carbocycles. The van der Waals surface area contributed by atoms with Gasteiger partial charge in [0.25, 0.3) is 5.91 Å². The molecule has 0 bridgehead atoms. The second-order valence-corrected chi connectivity index (χ2v) is 6.52. The number of carbonyl (C=O) groups excluding carboxylic acids is 1. The van der Waals surface area contributed by atoms with E-state index in [-0.39, 0.29) is 17.5 Å². The number of benzene rings is 2. The fourth-order valence-electron chi connectivity index (χ4n) is 3.08. The summed E-state index contributed by atoms with van der Waals surface area (Å²) in [6.07, 6.45) is 1.97. The largest absolute Gasteiger partial charge is 0.337 e. The van der Waals surface area contributed by atoms with Gasteiger partial charge in [0.05, 0.1) is 5.56 Å². The molecule has 0 spiro atoms. The van der Waals surface area contributed by atoms with Crippen molar-refractivity contribution in [3.05, 3.63) is 58.9 Å². The Labute approximate surface area is 146 Å². The zero-order chi connectivity index (χ0) is 17.1. The van der Waals surface area contributed by atoms with E-state index >= 15 is 0 Å². The smallest absolute Gasteiger partial charge is 0.256 e. The van der Waals surface area contributed by atoms with E-state index in [0.29, 0.717) is 18.1 Å². The molecule has 1 aliphatic rings. The van der Waals surface area contributed by atoms with Crippen molar-refractivity contribution < 1.29 is 9.18 Å². The van der Waals surface area contributed by atoms with Crippen molar-refractivity contribution in [1.82, 2.24) is 10.2 Å². The molecule has 5 heteroatoms. The van der Waals surface area contributed by atoms with Crippen molar-refractivity contribution in [3.8, 4) is 11.1 Å². The van der Waals surface area contributed by atoms with Crippen LogP contribution in [0.4, 0.5) is 4.39 Å². The van der Waals surface area contributed by atoms with Crippen LogP contribution in [0.25, 0.3) is 11.1 Å². The number of piperidine rings is 1. The molecule has 1 heterocycles. The molecule has 2 aromatic rings. The average Bonchev–Trinajstić information content (AvgIpc) is 2.62. The quantitative estimate of drug-likeness (QED) is 0.912. The number of nitrogens with one attached hydrogen (secondary N) is 1. The van der Waals surface area contributed by atoms with Gasteiger partial charge >= 0.3 is 0 Å². The molecular formula is C19H20ClFN2O. The number of hydrogen-bond donors (Lipinski definition) is 1. The molecule has 1 amide bonds. The lowest BCUT2D eigenvalue weighted by molar-refractivity contribution is 0.0693. The summed E-state index contributed by atoms with van der Waals surface area (Å²) in [5, 5.41) is 3.83. The van der Waals surface area contributed by atoms with Gasteiger partial charge in [-0.15, -0.1) is 0 Å². The molecule has 3 nitrogen and oxygen atoms in total. The Morgan fingerprint density at radius 3 is 2.58 bits per heavy atom. The topological polar surface area (TPSA) is 32.3 Å². The summed E-state index contributed by atoms with van der Waals surface area (Å²) in [7, 11) is 1.89. The molecule has 2 aromatic carbocycles. The van der Waals surface area contributed by atoms with Crippen LogP contribution in [-0.4, -0.2) is 37.0 Å². The van der Waals surface area contributed by atoms with Crippen molar-refractivity contribution in [3.63, 3.8) is 0 Å². The minimum Gasteiger partial charge on any atom is -0.337 e. The van der Waals surface area contributed by atoms with Crippen LogP contribution >= 0.6 is 11.6 Å². The van der Waals surface area contributed by atoms with Gasteiger partial charge < -0.3 is 10.2 Å². The molecule has 3 rings (SSSR count). The SMILES string of the molecule is CNC1CCCN(C(=O)c2ccc(-c3ccc(Cl)cc3)cc2F)C1. The summed E-state index contributed by atoms with van der Waals surface area (Å²) >= 11 is 5.88. The Kier molecular flexibility index (Phi) is 5.17. The van der Waals surface area contributed by atoms with Crippen LogP contribution in [0.2, 0.25) is 5.02 Å². The Morgan fingerprint density at radius 1 is 1.21 bits per heavy atom. The van der Waals surface area contributed by atoms with Crippen LogP contribution in [0.1, 0.15) is 23.2 Å². The summed E-state index contributed by atoms with van der Waals surface area (Å²) in [6, 6.07) is 12.2. The molecule has 126 valence electrons. The lowest BCUT2D eigenvalue weighted by Gasteiger charge is -2.32. The maximum Gasteiger partial charge on any atom is 0.256 e. The fourth-order valence-corrected chi connectivity index (χ4v) is 3.20. The van der Waals surface area contributed by atoms with Gasteiger partial charge in [-0.3, -0.25) is 4.79 Å². The highest BCUT2D eigenvalue weighted by Crippen LogP contribution is 2.25. The highest BCUT2D eigenvalue weighted by molar-refractivity contribution is 6.30. The predicted octanol–water partition coefficient (Wildman–Crippen LogP) is 3.97. The van der Waals surface area contributed by atoms with Crippen LogP contribution < -0.4 is 5.32 Å². The molecule has 1 unspecified atom stereocenters. The molecule has 1 fully saturated rings. The van der Waals surface area contributed by atoms with E-state index in [4.69, 9.17) is 11.6 Å². The monoisotopic (exact) mass is 346 g/mol. The van der Waals surface area contributed by atoms with Crippen LogP contribution in [0.3, 0.4) is 0 Å². The van der Waals surface area contributed by atoms with E-state index in [9.17, 15) is 9.18 Å². The maximum absolute atomic E-state index is 14.5. The van der Waals surface area contributed by atoms with Crippen molar-refractivity contribution in [2.75, 3.05) is 20.1 Å². The van der Waals surface area contributed by atoms with Crippen molar-refractivity contribution >= 4 is 17.5 Å². The van der Waals surface area contributed by atoms with Crippen molar-refractivity contribution in [2.45, 2.75) is 18.9 Å². The second kappa shape index (κ2) is 7.32. The second-order valence-electron chi connectivity index (χ2n) is 6.08. The summed E-state index contributed by atoms with van der Waals surface area (Å²) in [5.74, 6) is -0.728. The summed E-state index contributed by atoms with van der Waals surface area (Å²) in [4.78, 5) is 14.3. The van der Waals surface area contributed by atoms with Gasteiger partial charge in [0.1, 0.15) is 5.82 Å². The van der Waals surface area contributed by atoms with Crippen LogP contribution in [0.15, 0.2) is 42.5 Å². The number of likely N-dealkylation sites (N-methyl/N-ethyl adjacent to an activating group) is 1. The maximum atomic E-state index is 14.5. The molecule has 24 heavy (non-hydrogen) atoms. The third kappa shape index (κ3) is 3.60. The Morgan fingerprint density at radius 2 is 1.92 bits per heavy atom. The number of rotatable bonds is 3. The van der Waals surface area contributed by atoms with E-state index in [0.717, 1.165) is 24.0 Å². The number of hydrogen-bond acceptors (Lipinski definition) is 2. The molecule has 1 N–H and O–H groups in total. The summed E-state index contributed by atoms with van der Waals surface area (Å²) in [6.45, 7) is 1.29. The third-order valence-electron chi connectivity index (χ3n) is 4.49. The normalized spacial score (nSPS) is 17.8. The first-order valence-corrected chi connectivity index (χ1v) is 8.48. The number of carbonyl (C=O) groups is 1. The fraction of sp³-hybridized carbons (Fsp3) is 0.316. The lowest BCUT2D eigenvalue weighted by atomic mass is 10.0. The van der Waals surface area contributed by atoms with Crippen molar-refractivity contribution in [2.24, 2.45) is 0 Å². The molecule has 1 saturated heterocycles. The van der Waals surface area contributed by atoms with Gasteiger partial charge in [0.2, 0.25) is 0 Å². The highest BCUT2D eigenvalue weighted by Gasteiger charge is 2.25. The first-order chi connectivity index (χ1) is 11.6. The lowest BCUT2D eigenvalue weighted by Crippen LogP contribution is -2.47. The van der Waals surface area contributed by atoms with Crippen molar-refractivity contribution in [1.29, 1.82) is 0 Å². The van der Waals surface area contributed by atoms with Crippen LogP contribution in [0.5, 0.6) is 0 Å². The van der Waals surface area contributed by atoms with Gasteiger partial charge in [0.15, 0.2) is 0 Å². The highest BCUT2D eigenvalue weighted by atomic mass is 35.5. The van der Waals surface area contributed by atoms with Gasteiger partial charge in [0, 0.05) is 24.2 Å². The van der Waals surface area contributed by atoms with Gasteiger partial charge in [-0.05, 0) is 55.3 Å². The standard InChI is InChI=1S/C19H20ClFN2O/c1-22-16-3-2-10-23(12-16)19(24)17-9-6-14(11-18(17)21)13-4-7-15(20)8-5-13/h4-9,11,16,22H,2-3,10,12H2,1H3. The molecule has 0 aromatic heterocycles. The third-order valence-corrected chi connectivity index (χ3v) is 4.75. The number of nitrogens with zero attached hydrogens (tertiary/aromatic N) is 1. The molecule has 0 radical (unpaired) electrons. The summed E-state index contributed by atoms with van der Waals surface area (Å²) < 4.78 is 14.5. The minimum atomic E-state index is -0.487. The summed E-state index contributed by atoms with van der Waals surface area (Å²) in [5.41, 5.74) is 1.72. The van der Waals surface area contributed by atoms with Crippen LogP contribution in [-0.2, 0) is 0 Å². The predicted molar refractivity (Wildman–Crippen MR) is 94.8 cm³/mol. The molecular weight excluding hydrogens is 327 g/mol. The number of likely N-dealkylation sites (tertiary alicyclic amines) is 1. The van der Waals surface area contributed by atoms with E-state index in [1.807, 2.05) is 19.2 Å². The van der Waals surface area contributed by atoms with E-state index in [2.05, 4.69) is 5.32 Å². The molecule has 0 aliphatic carbocycles. The minimum absolute atomic E-state index is 0.129. The van der Waals surface area contributed by atoms with E-state index in [1.165, 1.54) is 6.07 Å². The first-order valence-electron chi connectivity index (χ1n) is 8.10. The molecule has 1 atom stereocenters. The first kappa shape index (κ1) is 16.9. The van der Waals surface area contributed by atoms with E-state index in [1.54, 1.807) is 29.2 Å². The van der Waals surface area contributed by atoms with Gasteiger partial charge in [-0.2, -0.15) is 0 Å². The van der Waals surface area contributed by atoms with Gasteiger partial charge in [-0.1, -0.05) is 29.8 Å².